The molecule has 4 N–H and O–H groups in total. The molecule has 1 atom stereocenters. The number of aliphatic hydroxyl groups excluding tert-OH is 1. The number of carbonyl (C=O) groups is 2. The molecule has 3 rings (SSSR count). The van der Waals surface area contributed by atoms with Gasteiger partial charge in [-0.3, -0.25) is 14.8 Å². The van der Waals surface area contributed by atoms with Gasteiger partial charge in [0.15, 0.2) is 0 Å². The van der Waals surface area contributed by atoms with E-state index in [-0.39, 0.29) is 0 Å². The lowest BCUT2D eigenvalue weighted by Crippen LogP contribution is -2.19. The van der Waals surface area contributed by atoms with Crippen LogP contribution in [0.1, 0.15) is 27.6 Å². The molecule has 2 aromatic rings. The van der Waals surface area contributed by atoms with E-state index in [9.17, 15) is 14.7 Å². The maximum atomic E-state index is 12.1. The van der Waals surface area contributed by atoms with Gasteiger partial charge in [0.2, 0.25) is 0 Å². The van der Waals surface area contributed by atoms with Crippen molar-refractivity contribution in [2.24, 2.45) is 5.10 Å². The number of para-hydroxylation sites is 1. The number of fused-ring (bicyclic) bond motifs is 1. The first-order chi connectivity index (χ1) is 13.6. The number of rotatable bonds is 5. The maximum absolute atomic E-state index is 12.1. The number of amides is 2. The molecule has 1 aliphatic rings. The third-order valence-corrected chi connectivity index (χ3v) is 3.94. The second-order valence-corrected chi connectivity index (χ2v) is 5.81. The predicted molar refractivity (Wildman–Crippen MR) is 101 cm³/mol. The summed E-state index contributed by atoms with van der Waals surface area (Å²) in [5.74, 6) is -0.518. The van der Waals surface area contributed by atoms with Gasteiger partial charge in [-0.2, -0.15) is 5.10 Å². The zero-order chi connectivity index (χ0) is 19.9. The fourth-order valence-corrected chi connectivity index (χ4v) is 2.48. The highest BCUT2D eigenvalue weighted by Gasteiger charge is 2.21. The molecule has 2 amide bonds. The van der Waals surface area contributed by atoms with E-state index < -0.39 is 17.9 Å². The Hall–Kier alpha value is -3.75. The quantitative estimate of drug-likeness (QED) is 0.274. The van der Waals surface area contributed by atoms with Crippen molar-refractivity contribution in [1.29, 1.82) is 0 Å². The fraction of sp³-hybridized carbons (Fsp3) is 0.0500. The van der Waals surface area contributed by atoms with Gasteiger partial charge < -0.3 is 9.84 Å². The molecule has 0 saturated heterocycles. The number of benzene rings is 2. The summed E-state index contributed by atoms with van der Waals surface area (Å²) in [6.45, 7) is 0. The number of aliphatic hydroxyl groups is 1. The summed E-state index contributed by atoms with van der Waals surface area (Å²) in [5.41, 5.74) is 5.93. The average molecular weight is 379 g/mol. The molecule has 0 saturated carbocycles. The van der Waals surface area contributed by atoms with E-state index in [4.69, 9.17) is 9.94 Å². The predicted octanol–water partition coefficient (Wildman–Crippen LogP) is 1.93. The Labute approximate surface area is 160 Å². The van der Waals surface area contributed by atoms with E-state index in [1.165, 1.54) is 24.0 Å². The largest absolute Gasteiger partial charge is 0.464 e. The molecule has 2 aromatic carbocycles. The Balaban J connectivity index is 1.59. The van der Waals surface area contributed by atoms with Gasteiger partial charge >= 0.3 is 0 Å². The van der Waals surface area contributed by atoms with Gasteiger partial charge in [-0.1, -0.05) is 30.3 Å². The van der Waals surface area contributed by atoms with Crippen LogP contribution in [0.25, 0.3) is 6.08 Å². The molecule has 0 aromatic heterocycles. The van der Waals surface area contributed by atoms with Gasteiger partial charge in [-0.05, 0) is 29.8 Å². The van der Waals surface area contributed by atoms with Crippen LogP contribution >= 0.6 is 0 Å². The SMILES string of the molecule is O=C(/C=C/c1ccc(C(=O)N/N=C/C2=COc3ccccc3C2O)cc1)NO. The normalized spacial score (nSPS) is 15.6. The van der Waals surface area contributed by atoms with Crippen molar-refractivity contribution >= 4 is 24.1 Å². The van der Waals surface area contributed by atoms with Crippen LogP contribution in [0.4, 0.5) is 0 Å². The minimum atomic E-state index is -0.896. The van der Waals surface area contributed by atoms with Gasteiger partial charge in [0.25, 0.3) is 11.8 Å². The number of hydrazone groups is 1. The van der Waals surface area contributed by atoms with Crippen molar-refractivity contribution in [3.63, 3.8) is 0 Å². The van der Waals surface area contributed by atoms with Crippen LogP contribution in [0, 0.1) is 0 Å². The van der Waals surface area contributed by atoms with Crippen molar-refractivity contribution in [2.75, 3.05) is 0 Å². The third-order valence-electron chi connectivity index (χ3n) is 3.94. The number of hydrogen-bond donors (Lipinski definition) is 4. The Morgan fingerprint density at radius 1 is 1.11 bits per heavy atom. The van der Waals surface area contributed by atoms with E-state index in [2.05, 4.69) is 10.5 Å². The third kappa shape index (κ3) is 4.50. The molecule has 8 heteroatoms. The molecule has 1 heterocycles. The molecular weight excluding hydrogens is 362 g/mol. The molecule has 0 fully saturated rings. The summed E-state index contributed by atoms with van der Waals surface area (Å²) in [4.78, 5) is 23.1. The lowest BCUT2D eigenvalue weighted by molar-refractivity contribution is -0.124. The van der Waals surface area contributed by atoms with Crippen LogP contribution in [0.2, 0.25) is 0 Å². The summed E-state index contributed by atoms with van der Waals surface area (Å²) in [7, 11) is 0. The van der Waals surface area contributed by atoms with Crippen molar-refractivity contribution < 1.29 is 24.6 Å². The molecule has 0 aliphatic carbocycles. The second kappa shape index (κ2) is 8.76. The Morgan fingerprint density at radius 2 is 1.86 bits per heavy atom. The van der Waals surface area contributed by atoms with Crippen molar-refractivity contribution in [3.05, 3.63) is 83.1 Å². The Morgan fingerprint density at radius 3 is 2.61 bits per heavy atom. The van der Waals surface area contributed by atoms with Gasteiger partial charge in [0.1, 0.15) is 11.9 Å². The summed E-state index contributed by atoms with van der Waals surface area (Å²) < 4.78 is 5.43. The number of carbonyl (C=O) groups excluding carboxylic acids is 2. The smallest absolute Gasteiger partial charge is 0.271 e. The van der Waals surface area contributed by atoms with Crippen LogP contribution in [0.5, 0.6) is 5.75 Å². The zero-order valence-electron chi connectivity index (χ0n) is 14.6. The number of hydrogen-bond acceptors (Lipinski definition) is 6. The number of nitrogens with one attached hydrogen (secondary N) is 2. The highest BCUT2D eigenvalue weighted by atomic mass is 16.5. The molecule has 0 bridgehead atoms. The minimum Gasteiger partial charge on any atom is -0.464 e. The van der Waals surface area contributed by atoms with Gasteiger partial charge in [-0.25, -0.2) is 10.9 Å². The van der Waals surface area contributed by atoms with Crippen molar-refractivity contribution in [2.45, 2.75) is 6.10 Å². The molecule has 1 aliphatic heterocycles. The first-order valence-corrected chi connectivity index (χ1v) is 8.28. The van der Waals surface area contributed by atoms with Crippen molar-refractivity contribution in [3.8, 4) is 5.75 Å². The van der Waals surface area contributed by atoms with Crippen LogP contribution in [0.3, 0.4) is 0 Å². The Bertz CT molecular complexity index is 964. The average Bonchev–Trinajstić information content (AvgIpc) is 2.74. The van der Waals surface area contributed by atoms with E-state index in [1.807, 2.05) is 0 Å². The summed E-state index contributed by atoms with van der Waals surface area (Å²) >= 11 is 0. The molecule has 142 valence electrons. The highest BCUT2D eigenvalue weighted by Crippen LogP contribution is 2.33. The standard InChI is InChI=1S/C20H17N3O5/c24-18(23-27)10-7-13-5-8-14(9-6-13)20(26)22-21-11-15-12-28-17-4-2-1-3-16(17)19(15)25/h1-12,19,25,27H,(H,22,26)(H,23,24)/b10-7+,21-11+. The Kier molecular flexibility index (Phi) is 5.95. The maximum Gasteiger partial charge on any atom is 0.271 e. The molecule has 28 heavy (non-hydrogen) atoms. The van der Waals surface area contributed by atoms with Gasteiger partial charge in [0.05, 0.1) is 12.5 Å². The van der Waals surface area contributed by atoms with Crippen LogP contribution in [-0.2, 0) is 4.79 Å². The highest BCUT2D eigenvalue weighted by molar-refractivity contribution is 5.95. The van der Waals surface area contributed by atoms with E-state index in [0.29, 0.717) is 28.0 Å². The molecular formula is C20H17N3O5. The number of hydroxylamine groups is 1. The first-order valence-electron chi connectivity index (χ1n) is 8.28. The lowest BCUT2D eigenvalue weighted by Gasteiger charge is -2.20. The van der Waals surface area contributed by atoms with Crippen LogP contribution < -0.4 is 15.6 Å². The fourth-order valence-electron chi connectivity index (χ4n) is 2.48. The van der Waals surface area contributed by atoms with Crippen molar-refractivity contribution in [1.82, 2.24) is 10.9 Å². The molecule has 0 spiro atoms. The van der Waals surface area contributed by atoms with E-state index >= 15 is 0 Å². The van der Waals surface area contributed by atoms with Gasteiger partial charge in [0, 0.05) is 22.8 Å². The molecule has 0 radical (unpaired) electrons. The lowest BCUT2D eigenvalue weighted by atomic mass is 10.0. The molecule has 1 unspecified atom stereocenters. The monoisotopic (exact) mass is 379 g/mol. The minimum absolute atomic E-state index is 0.362. The topological polar surface area (TPSA) is 120 Å². The zero-order valence-corrected chi connectivity index (χ0v) is 14.6. The summed E-state index contributed by atoms with van der Waals surface area (Å²) in [5, 5.41) is 22.6. The second-order valence-electron chi connectivity index (χ2n) is 5.81. The van der Waals surface area contributed by atoms with E-state index in [1.54, 1.807) is 48.5 Å². The van der Waals surface area contributed by atoms with Crippen LogP contribution in [-0.4, -0.2) is 28.3 Å². The first kappa shape index (κ1) is 19.0. The molecule has 8 nitrogen and oxygen atoms in total. The van der Waals surface area contributed by atoms with E-state index in [0.717, 1.165) is 6.08 Å². The van der Waals surface area contributed by atoms with Gasteiger partial charge in [-0.15, -0.1) is 0 Å². The summed E-state index contributed by atoms with van der Waals surface area (Å²) in [6, 6.07) is 13.5. The summed E-state index contributed by atoms with van der Waals surface area (Å²) in [6.07, 6.45) is 4.45. The van der Waals surface area contributed by atoms with Crippen LogP contribution in [0.15, 0.2) is 71.5 Å². The number of nitrogens with zero attached hydrogens (tertiary/aromatic N) is 1. The number of ether oxygens (including phenoxy) is 1.